The van der Waals surface area contributed by atoms with Gasteiger partial charge in [0.2, 0.25) is 5.88 Å². The van der Waals surface area contributed by atoms with E-state index in [-0.39, 0.29) is 0 Å². The van der Waals surface area contributed by atoms with Crippen LogP contribution in [0.25, 0.3) is 21.0 Å². The molecule has 0 fully saturated rings. The first-order chi connectivity index (χ1) is 15.7. The molecule has 7 heteroatoms. The quantitative estimate of drug-likeness (QED) is 0.247. The van der Waals surface area contributed by atoms with Gasteiger partial charge in [-0.3, -0.25) is 4.98 Å². The molecule has 0 aliphatic heterocycles. The first-order valence-electron chi connectivity index (χ1n) is 10.4. The topological polar surface area (TPSA) is 47.9 Å². The number of aromatic nitrogens is 3. The molecule has 0 radical (unpaired) electrons. The Balaban J connectivity index is 1.38. The number of nitrogens with zero attached hydrogens (tertiary/aromatic N) is 3. The van der Waals surface area contributed by atoms with Gasteiger partial charge >= 0.3 is 0 Å². The number of benzene rings is 2. The summed E-state index contributed by atoms with van der Waals surface area (Å²) in [5, 5.41) is 4.00. The Morgan fingerprint density at radius 2 is 1.91 bits per heavy atom. The maximum atomic E-state index is 6.39. The average Bonchev–Trinajstić information content (AvgIpc) is 3.40. The summed E-state index contributed by atoms with van der Waals surface area (Å²) >= 11 is 9.49. The van der Waals surface area contributed by atoms with Gasteiger partial charge in [0.25, 0.3) is 0 Å². The fraction of sp³-hybridized carbons (Fsp3) is 0.160. The molecular weight excluding hydrogens is 458 g/mol. The summed E-state index contributed by atoms with van der Waals surface area (Å²) in [6, 6.07) is 15.9. The smallest absolute Gasteiger partial charge is 0.231 e. The first-order valence-corrected chi connectivity index (χ1v) is 12.6. The van der Waals surface area contributed by atoms with E-state index < -0.39 is 0 Å². The molecule has 32 heavy (non-hydrogen) atoms. The lowest BCUT2D eigenvalue weighted by Crippen LogP contribution is -1.98. The molecular formula is C25H18ClN3OS2. The van der Waals surface area contributed by atoms with Crippen molar-refractivity contribution in [3.8, 4) is 11.6 Å². The number of pyridine rings is 1. The lowest BCUT2D eigenvalue weighted by Gasteiger charge is -2.10. The highest BCUT2D eigenvalue weighted by Crippen LogP contribution is 2.42. The molecule has 0 bridgehead atoms. The average molecular weight is 476 g/mol. The number of thiophene rings is 1. The van der Waals surface area contributed by atoms with Crippen molar-refractivity contribution >= 4 is 55.7 Å². The molecule has 1 aliphatic carbocycles. The third kappa shape index (κ3) is 3.83. The van der Waals surface area contributed by atoms with E-state index in [9.17, 15) is 0 Å². The third-order valence-electron chi connectivity index (χ3n) is 5.59. The SMILES string of the molecule is Clc1ccc(SCc2nc(Oc3ccc4ccncc4c3)c3c4c(sc3n2)CCC4)cc1. The van der Waals surface area contributed by atoms with Gasteiger partial charge in [-0.25, -0.2) is 4.98 Å². The highest BCUT2D eigenvalue weighted by Gasteiger charge is 2.23. The molecule has 0 saturated heterocycles. The molecule has 0 N–H and O–H groups in total. The Kier molecular flexibility index (Phi) is 5.21. The summed E-state index contributed by atoms with van der Waals surface area (Å²) in [6.07, 6.45) is 7.03. The number of hydrogen-bond donors (Lipinski definition) is 0. The summed E-state index contributed by atoms with van der Waals surface area (Å²) in [4.78, 5) is 17.6. The van der Waals surface area contributed by atoms with Gasteiger partial charge in [-0.2, -0.15) is 4.98 Å². The second-order valence-corrected chi connectivity index (χ2v) is 10.3. The van der Waals surface area contributed by atoms with E-state index in [4.69, 9.17) is 26.3 Å². The van der Waals surface area contributed by atoms with Crippen LogP contribution in [0.5, 0.6) is 11.6 Å². The van der Waals surface area contributed by atoms with Crippen LogP contribution in [-0.2, 0) is 18.6 Å². The van der Waals surface area contributed by atoms with Gasteiger partial charge in [0.15, 0.2) is 0 Å². The summed E-state index contributed by atoms with van der Waals surface area (Å²) in [7, 11) is 0. The molecule has 0 saturated carbocycles. The second kappa shape index (κ2) is 8.35. The van der Waals surface area contributed by atoms with Gasteiger partial charge in [0.05, 0.1) is 11.1 Å². The lowest BCUT2D eigenvalue weighted by molar-refractivity contribution is 0.467. The Labute approximate surface area is 198 Å². The molecule has 0 atom stereocenters. The zero-order chi connectivity index (χ0) is 21.5. The Bertz CT molecular complexity index is 1450. The van der Waals surface area contributed by atoms with E-state index in [1.807, 2.05) is 48.7 Å². The van der Waals surface area contributed by atoms with Crippen LogP contribution in [-0.4, -0.2) is 15.0 Å². The van der Waals surface area contributed by atoms with Gasteiger partial charge in [-0.05, 0) is 72.7 Å². The van der Waals surface area contributed by atoms with E-state index in [0.29, 0.717) is 11.6 Å². The molecule has 4 nitrogen and oxygen atoms in total. The summed E-state index contributed by atoms with van der Waals surface area (Å²) in [5.41, 5.74) is 1.36. The molecule has 158 valence electrons. The molecule has 5 aromatic rings. The van der Waals surface area contributed by atoms with Crippen molar-refractivity contribution in [2.24, 2.45) is 0 Å². The Hall–Kier alpha value is -2.67. The monoisotopic (exact) mass is 475 g/mol. The molecule has 0 unspecified atom stereocenters. The molecule has 3 heterocycles. The van der Waals surface area contributed by atoms with Gasteiger partial charge in [-0.1, -0.05) is 17.7 Å². The minimum absolute atomic E-state index is 0.657. The Morgan fingerprint density at radius 1 is 1.00 bits per heavy atom. The fourth-order valence-corrected chi connectivity index (χ4v) is 6.21. The maximum absolute atomic E-state index is 6.39. The highest BCUT2D eigenvalue weighted by molar-refractivity contribution is 7.98. The van der Waals surface area contributed by atoms with Crippen LogP contribution in [0.1, 0.15) is 22.7 Å². The standard InChI is InChI=1S/C25H18ClN3OS2/c26-17-5-8-19(9-6-17)31-14-22-28-24(23-20-2-1-3-21(20)32-25(23)29-22)30-18-7-4-15-10-11-27-13-16(15)12-18/h4-13H,1-3,14H2. The van der Waals surface area contributed by atoms with Gasteiger partial charge in [0.1, 0.15) is 16.4 Å². The number of aryl methyl sites for hydroxylation is 2. The number of halogens is 1. The van der Waals surface area contributed by atoms with Crippen molar-refractivity contribution in [3.05, 3.63) is 82.2 Å². The van der Waals surface area contributed by atoms with E-state index in [1.165, 1.54) is 16.9 Å². The van der Waals surface area contributed by atoms with Crippen molar-refractivity contribution in [1.29, 1.82) is 0 Å². The predicted octanol–water partition coefficient (Wildman–Crippen LogP) is 7.47. The molecule has 0 spiro atoms. The van der Waals surface area contributed by atoms with E-state index in [0.717, 1.165) is 55.3 Å². The molecule has 1 aliphatic rings. The van der Waals surface area contributed by atoms with Crippen LogP contribution in [0.3, 0.4) is 0 Å². The number of rotatable bonds is 5. The minimum Gasteiger partial charge on any atom is -0.438 e. The van der Waals surface area contributed by atoms with Crippen LogP contribution >= 0.6 is 34.7 Å². The van der Waals surface area contributed by atoms with Gasteiger partial charge < -0.3 is 4.74 Å². The van der Waals surface area contributed by atoms with Crippen LogP contribution in [0.15, 0.2) is 65.8 Å². The largest absolute Gasteiger partial charge is 0.438 e. The zero-order valence-electron chi connectivity index (χ0n) is 17.0. The number of thioether (sulfide) groups is 1. The van der Waals surface area contributed by atoms with Crippen LogP contribution in [0.4, 0.5) is 0 Å². The molecule has 3 aromatic heterocycles. The molecule has 2 aromatic carbocycles. The molecule has 0 amide bonds. The summed E-state index contributed by atoms with van der Waals surface area (Å²) in [5.74, 6) is 2.86. The Morgan fingerprint density at radius 3 is 2.81 bits per heavy atom. The predicted molar refractivity (Wildman–Crippen MR) is 132 cm³/mol. The van der Waals surface area contributed by atoms with Gasteiger partial charge in [0, 0.05) is 32.6 Å². The zero-order valence-corrected chi connectivity index (χ0v) is 19.4. The van der Waals surface area contributed by atoms with Crippen molar-refractivity contribution in [2.45, 2.75) is 29.9 Å². The summed E-state index contributed by atoms with van der Waals surface area (Å²) in [6.45, 7) is 0. The summed E-state index contributed by atoms with van der Waals surface area (Å²) < 4.78 is 6.39. The lowest BCUT2D eigenvalue weighted by atomic mass is 10.1. The number of ether oxygens (including phenoxy) is 1. The van der Waals surface area contributed by atoms with E-state index in [2.05, 4.69) is 11.1 Å². The maximum Gasteiger partial charge on any atom is 0.231 e. The van der Waals surface area contributed by atoms with Crippen molar-refractivity contribution < 1.29 is 4.74 Å². The molecule has 6 rings (SSSR count). The van der Waals surface area contributed by atoms with Crippen molar-refractivity contribution in [3.63, 3.8) is 0 Å². The van der Waals surface area contributed by atoms with Gasteiger partial charge in [-0.15, -0.1) is 23.1 Å². The van der Waals surface area contributed by atoms with Crippen molar-refractivity contribution in [1.82, 2.24) is 15.0 Å². The van der Waals surface area contributed by atoms with Crippen LogP contribution in [0.2, 0.25) is 5.02 Å². The highest BCUT2D eigenvalue weighted by atomic mass is 35.5. The van der Waals surface area contributed by atoms with Crippen LogP contribution in [0, 0.1) is 0 Å². The number of hydrogen-bond acceptors (Lipinski definition) is 6. The third-order valence-corrected chi connectivity index (χ3v) is 8.03. The van der Waals surface area contributed by atoms with E-state index >= 15 is 0 Å². The normalized spacial score (nSPS) is 13.0. The first kappa shape index (κ1) is 20.0. The van der Waals surface area contributed by atoms with Crippen molar-refractivity contribution in [2.75, 3.05) is 0 Å². The second-order valence-electron chi connectivity index (χ2n) is 7.71. The fourth-order valence-electron chi connectivity index (χ4n) is 4.06. The van der Waals surface area contributed by atoms with Crippen LogP contribution < -0.4 is 4.74 Å². The number of fused-ring (bicyclic) bond motifs is 4. The van der Waals surface area contributed by atoms with E-state index in [1.54, 1.807) is 29.3 Å². The minimum atomic E-state index is 0.657.